The number of nitrogens with one attached hydrogen (secondary N) is 1. The van der Waals surface area contributed by atoms with Gasteiger partial charge in [-0.15, -0.1) is 23.1 Å². The number of likely N-dealkylation sites (N-methyl/N-ethyl adjacent to an activating group) is 1. The average Bonchev–Trinajstić information content (AvgIpc) is 3.14. The summed E-state index contributed by atoms with van der Waals surface area (Å²) in [5.41, 5.74) is 2.23. The molecule has 3 rings (SSSR count). The second kappa shape index (κ2) is 7.04. The van der Waals surface area contributed by atoms with Crippen LogP contribution in [0.2, 0.25) is 0 Å². The number of aromatic nitrogens is 1. The summed E-state index contributed by atoms with van der Waals surface area (Å²) < 4.78 is 1.17. The Hall–Kier alpha value is -1.40. The molecule has 1 unspecified atom stereocenters. The summed E-state index contributed by atoms with van der Waals surface area (Å²) in [6.45, 7) is 6.07. The van der Waals surface area contributed by atoms with Gasteiger partial charge in [0, 0.05) is 12.8 Å². The molecule has 1 aromatic heterocycles. The summed E-state index contributed by atoms with van der Waals surface area (Å²) >= 11 is 3.24. The average molecular weight is 321 g/mol. The molecule has 1 amide bonds. The van der Waals surface area contributed by atoms with Crippen LogP contribution < -0.4 is 5.32 Å². The maximum absolute atomic E-state index is 11.6. The topological polar surface area (TPSA) is 54.4 Å². The van der Waals surface area contributed by atoms with Crippen molar-refractivity contribution in [3.63, 3.8) is 0 Å². The van der Waals surface area contributed by atoms with Crippen LogP contribution in [0, 0.1) is 6.92 Å². The summed E-state index contributed by atoms with van der Waals surface area (Å²) in [5, 5.41) is 4.43. The van der Waals surface area contributed by atoms with Crippen molar-refractivity contribution in [2.75, 3.05) is 12.8 Å². The molecule has 1 aromatic carbocycles. The quantitative estimate of drug-likeness (QED) is 0.924. The molecule has 21 heavy (non-hydrogen) atoms. The van der Waals surface area contributed by atoms with Crippen molar-refractivity contribution in [3.8, 4) is 0 Å². The van der Waals surface area contributed by atoms with Crippen LogP contribution in [-0.4, -0.2) is 34.8 Å². The number of amides is 1. The van der Waals surface area contributed by atoms with Crippen LogP contribution >= 0.6 is 23.1 Å². The number of aliphatic imine (C=N–C) groups is 1. The first kappa shape index (κ1) is 16.0. The third-order valence-electron chi connectivity index (χ3n) is 2.93. The number of hydrogen-bond donors (Lipinski definition) is 1. The molecule has 1 N–H and O–H groups in total. The smallest absolute Gasteiger partial charge is 0.245 e. The van der Waals surface area contributed by atoms with Crippen LogP contribution in [0.4, 0.5) is 0 Å². The van der Waals surface area contributed by atoms with Crippen molar-refractivity contribution in [2.45, 2.75) is 26.8 Å². The molecule has 2 aromatic rings. The van der Waals surface area contributed by atoms with Gasteiger partial charge in [-0.05, 0) is 24.6 Å². The van der Waals surface area contributed by atoms with Gasteiger partial charge in [0.25, 0.3) is 0 Å². The van der Waals surface area contributed by atoms with Gasteiger partial charge in [-0.3, -0.25) is 9.79 Å². The monoisotopic (exact) mass is 321 g/mol. The Bertz CT molecular complexity index is 679. The van der Waals surface area contributed by atoms with E-state index in [-0.39, 0.29) is 11.9 Å². The molecule has 1 aliphatic heterocycles. The number of thioether (sulfide) groups is 1. The van der Waals surface area contributed by atoms with Crippen molar-refractivity contribution >= 4 is 44.3 Å². The Morgan fingerprint density at radius 3 is 2.86 bits per heavy atom. The van der Waals surface area contributed by atoms with Gasteiger partial charge in [0.1, 0.15) is 16.1 Å². The Labute approximate surface area is 133 Å². The van der Waals surface area contributed by atoms with E-state index in [1.165, 1.54) is 10.3 Å². The highest BCUT2D eigenvalue weighted by Gasteiger charge is 2.26. The highest BCUT2D eigenvalue weighted by atomic mass is 32.2. The minimum absolute atomic E-state index is 0.0283. The zero-order chi connectivity index (χ0) is 15.4. The molecule has 1 aliphatic rings. The van der Waals surface area contributed by atoms with Crippen LogP contribution in [0.15, 0.2) is 23.2 Å². The first-order chi connectivity index (χ1) is 10.2. The Morgan fingerprint density at radius 1 is 1.38 bits per heavy atom. The normalized spacial score (nSPS) is 17.1. The van der Waals surface area contributed by atoms with Crippen LogP contribution in [0.3, 0.4) is 0 Å². The summed E-state index contributed by atoms with van der Waals surface area (Å²) in [7, 11) is 1.64. The first-order valence-electron chi connectivity index (χ1n) is 6.97. The number of benzene rings is 1. The van der Waals surface area contributed by atoms with Crippen molar-refractivity contribution in [1.82, 2.24) is 10.3 Å². The molecule has 112 valence electrons. The molecule has 0 radical (unpaired) electrons. The van der Waals surface area contributed by atoms with E-state index in [1.807, 2.05) is 19.9 Å². The molecule has 0 saturated carbocycles. The molecule has 6 heteroatoms. The van der Waals surface area contributed by atoms with E-state index >= 15 is 0 Å². The zero-order valence-electron chi connectivity index (χ0n) is 12.6. The lowest BCUT2D eigenvalue weighted by Gasteiger charge is -2.01. The SMILES string of the molecule is CC.CNC(=O)C1CSC(c2nc3ccc(C)cc3s2)=N1. The van der Waals surface area contributed by atoms with E-state index in [4.69, 9.17) is 0 Å². The van der Waals surface area contributed by atoms with E-state index < -0.39 is 0 Å². The molecule has 0 bridgehead atoms. The highest BCUT2D eigenvalue weighted by Crippen LogP contribution is 2.30. The molecular weight excluding hydrogens is 302 g/mol. The second-order valence-electron chi connectivity index (χ2n) is 4.37. The van der Waals surface area contributed by atoms with Gasteiger partial charge in [0.15, 0.2) is 0 Å². The van der Waals surface area contributed by atoms with Gasteiger partial charge in [0.2, 0.25) is 5.91 Å². The van der Waals surface area contributed by atoms with Gasteiger partial charge >= 0.3 is 0 Å². The predicted molar refractivity (Wildman–Crippen MR) is 92.6 cm³/mol. The fraction of sp³-hybridized carbons (Fsp3) is 0.400. The number of hydrogen-bond acceptors (Lipinski definition) is 5. The molecule has 0 spiro atoms. The number of carbonyl (C=O) groups excluding carboxylic acids is 1. The van der Waals surface area contributed by atoms with Gasteiger partial charge in [-0.2, -0.15) is 0 Å². The number of thiazole rings is 1. The lowest BCUT2D eigenvalue weighted by Crippen LogP contribution is -2.30. The van der Waals surface area contributed by atoms with E-state index in [2.05, 4.69) is 34.3 Å². The lowest BCUT2D eigenvalue weighted by atomic mass is 10.2. The standard InChI is InChI=1S/C13H13N3OS2.C2H6/c1-7-3-4-8-10(5-7)19-13(15-8)12-16-9(6-18-12)11(17)14-2;1-2/h3-5,9H,6H2,1-2H3,(H,14,17);1-2H3. The van der Waals surface area contributed by atoms with Crippen molar-refractivity contribution in [2.24, 2.45) is 4.99 Å². The van der Waals surface area contributed by atoms with E-state index in [9.17, 15) is 4.79 Å². The highest BCUT2D eigenvalue weighted by molar-refractivity contribution is 8.15. The Morgan fingerprint density at radius 2 is 2.14 bits per heavy atom. The van der Waals surface area contributed by atoms with Crippen LogP contribution in [0.1, 0.15) is 24.4 Å². The minimum atomic E-state index is -0.279. The fourth-order valence-corrected chi connectivity index (χ4v) is 4.08. The van der Waals surface area contributed by atoms with Crippen LogP contribution in [0.25, 0.3) is 10.2 Å². The summed E-state index contributed by atoms with van der Waals surface area (Å²) in [5.74, 6) is 0.670. The predicted octanol–water partition coefficient (Wildman–Crippen LogP) is 3.24. The number of aryl methyl sites for hydroxylation is 1. The molecule has 2 heterocycles. The van der Waals surface area contributed by atoms with Crippen molar-refractivity contribution < 1.29 is 4.79 Å². The maximum atomic E-state index is 11.6. The maximum Gasteiger partial charge on any atom is 0.245 e. The summed E-state index contributed by atoms with van der Waals surface area (Å²) in [6.07, 6.45) is 0. The summed E-state index contributed by atoms with van der Waals surface area (Å²) in [4.78, 5) is 20.6. The van der Waals surface area contributed by atoms with Gasteiger partial charge < -0.3 is 5.32 Å². The van der Waals surface area contributed by atoms with Gasteiger partial charge in [-0.1, -0.05) is 19.9 Å². The third kappa shape index (κ3) is 3.44. The Balaban J connectivity index is 0.000000774. The zero-order valence-corrected chi connectivity index (χ0v) is 14.3. The van der Waals surface area contributed by atoms with Crippen molar-refractivity contribution in [1.29, 1.82) is 0 Å². The number of fused-ring (bicyclic) bond motifs is 1. The molecule has 1 atom stereocenters. The third-order valence-corrected chi connectivity index (χ3v) is 5.14. The lowest BCUT2D eigenvalue weighted by molar-refractivity contribution is -0.121. The van der Waals surface area contributed by atoms with Crippen molar-refractivity contribution in [3.05, 3.63) is 28.8 Å². The first-order valence-corrected chi connectivity index (χ1v) is 8.77. The van der Waals surface area contributed by atoms with E-state index in [1.54, 1.807) is 30.1 Å². The Kier molecular flexibility index (Phi) is 5.36. The van der Waals surface area contributed by atoms with E-state index in [0.29, 0.717) is 5.75 Å². The van der Waals surface area contributed by atoms with E-state index in [0.717, 1.165) is 15.6 Å². The molecule has 4 nitrogen and oxygen atoms in total. The van der Waals surface area contributed by atoms with Crippen LogP contribution in [0.5, 0.6) is 0 Å². The van der Waals surface area contributed by atoms with Crippen LogP contribution in [-0.2, 0) is 4.79 Å². The largest absolute Gasteiger partial charge is 0.357 e. The van der Waals surface area contributed by atoms with Gasteiger partial charge in [0.05, 0.1) is 10.2 Å². The molecule has 0 fully saturated rings. The summed E-state index contributed by atoms with van der Waals surface area (Å²) in [6, 6.07) is 5.94. The number of nitrogens with zero attached hydrogens (tertiary/aromatic N) is 2. The number of carbonyl (C=O) groups is 1. The second-order valence-corrected chi connectivity index (χ2v) is 6.40. The minimum Gasteiger partial charge on any atom is -0.357 e. The molecule has 0 saturated heterocycles. The van der Waals surface area contributed by atoms with Gasteiger partial charge in [-0.25, -0.2) is 4.98 Å². The molecular formula is C15H19N3OS2. The fourth-order valence-electron chi connectivity index (χ4n) is 1.92. The molecule has 0 aliphatic carbocycles. The number of rotatable bonds is 2.